The van der Waals surface area contributed by atoms with Gasteiger partial charge in [-0.3, -0.25) is 4.90 Å². The largest absolute Gasteiger partial charge is 0.492 e. The first kappa shape index (κ1) is 17.6. The quantitative estimate of drug-likeness (QED) is 0.500. The second-order valence-corrected chi connectivity index (χ2v) is 5.11. The van der Waals surface area contributed by atoms with E-state index in [9.17, 15) is 0 Å². The summed E-state index contributed by atoms with van der Waals surface area (Å²) in [6, 6.07) is 8.22. The zero-order chi connectivity index (χ0) is 15.3. The number of para-hydroxylation sites is 1. The van der Waals surface area contributed by atoms with E-state index in [2.05, 4.69) is 42.1 Å². The molecule has 1 aromatic rings. The third-order valence-electron chi connectivity index (χ3n) is 3.23. The zero-order valence-electron chi connectivity index (χ0n) is 13.4. The fourth-order valence-corrected chi connectivity index (χ4v) is 2.19. The average Bonchev–Trinajstić information content (AvgIpc) is 2.49. The lowest BCUT2D eigenvalue weighted by molar-refractivity contribution is 0.224. The molecule has 0 heterocycles. The number of benzene rings is 1. The molecular formula is C18H28N2O. The van der Waals surface area contributed by atoms with Crippen molar-refractivity contribution in [1.82, 2.24) is 10.2 Å². The minimum Gasteiger partial charge on any atom is -0.492 e. The van der Waals surface area contributed by atoms with Gasteiger partial charge in [-0.25, -0.2) is 0 Å². The van der Waals surface area contributed by atoms with Gasteiger partial charge in [-0.15, -0.1) is 6.42 Å². The topological polar surface area (TPSA) is 24.5 Å². The van der Waals surface area contributed by atoms with Gasteiger partial charge in [0.25, 0.3) is 0 Å². The summed E-state index contributed by atoms with van der Waals surface area (Å²) in [6.07, 6.45) is 7.64. The van der Waals surface area contributed by atoms with Gasteiger partial charge in [-0.05, 0) is 32.0 Å². The fraction of sp³-hybridized carbons (Fsp3) is 0.556. The van der Waals surface area contributed by atoms with E-state index in [-0.39, 0.29) is 0 Å². The Morgan fingerprint density at radius 1 is 1.19 bits per heavy atom. The molecule has 3 nitrogen and oxygen atoms in total. The average molecular weight is 288 g/mol. The molecule has 0 saturated heterocycles. The van der Waals surface area contributed by atoms with Crippen molar-refractivity contribution < 1.29 is 4.74 Å². The highest BCUT2D eigenvalue weighted by atomic mass is 16.5. The molecule has 0 spiro atoms. The Labute approximate surface area is 129 Å². The van der Waals surface area contributed by atoms with E-state index >= 15 is 0 Å². The van der Waals surface area contributed by atoms with Crippen LogP contribution in [0.15, 0.2) is 24.3 Å². The minimum atomic E-state index is 0.673. The van der Waals surface area contributed by atoms with Crippen molar-refractivity contribution in [3.63, 3.8) is 0 Å². The maximum Gasteiger partial charge on any atom is 0.123 e. The van der Waals surface area contributed by atoms with Crippen LogP contribution in [0.3, 0.4) is 0 Å². The molecule has 0 bridgehead atoms. The van der Waals surface area contributed by atoms with Gasteiger partial charge in [0.05, 0.1) is 6.54 Å². The number of hydrogen-bond acceptors (Lipinski definition) is 3. The first-order chi connectivity index (χ1) is 10.3. The fourth-order valence-electron chi connectivity index (χ4n) is 2.19. The van der Waals surface area contributed by atoms with Gasteiger partial charge in [-0.1, -0.05) is 38.0 Å². The maximum absolute atomic E-state index is 5.94. The molecule has 116 valence electrons. The number of rotatable bonds is 11. The molecule has 0 radical (unpaired) electrons. The Morgan fingerprint density at radius 2 is 2.00 bits per heavy atom. The Morgan fingerprint density at radius 3 is 2.71 bits per heavy atom. The lowest BCUT2D eigenvalue weighted by Crippen LogP contribution is -2.29. The van der Waals surface area contributed by atoms with Crippen LogP contribution in [0.5, 0.6) is 5.75 Å². The van der Waals surface area contributed by atoms with E-state index in [4.69, 9.17) is 11.2 Å². The van der Waals surface area contributed by atoms with Crippen molar-refractivity contribution in [2.24, 2.45) is 0 Å². The van der Waals surface area contributed by atoms with E-state index in [1.54, 1.807) is 0 Å². The van der Waals surface area contributed by atoms with E-state index < -0.39 is 0 Å². The van der Waals surface area contributed by atoms with Crippen LogP contribution in [0.4, 0.5) is 0 Å². The molecule has 0 atom stereocenters. The molecule has 1 aromatic carbocycles. The molecule has 3 heteroatoms. The molecule has 0 fully saturated rings. The van der Waals surface area contributed by atoms with Gasteiger partial charge >= 0.3 is 0 Å². The summed E-state index contributed by atoms with van der Waals surface area (Å²) in [6.45, 7) is 9.47. The maximum atomic E-state index is 5.94. The minimum absolute atomic E-state index is 0.673. The van der Waals surface area contributed by atoms with Gasteiger partial charge in [0.2, 0.25) is 0 Å². The lowest BCUT2D eigenvalue weighted by Gasteiger charge is -2.19. The van der Waals surface area contributed by atoms with E-state index in [1.807, 2.05) is 12.1 Å². The molecule has 0 aromatic heterocycles. The van der Waals surface area contributed by atoms with Crippen LogP contribution in [0, 0.1) is 12.3 Å². The Balaban J connectivity index is 2.45. The Kier molecular flexibility index (Phi) is 9.35. The number of terminal acetylenes is 1. The smallest absolute Gasteiger partial charge is 0.123 e. The molecular weight excluding hydrogens is 260 g/mol. The second-order valence-electron chi connectivity index (χ2n) is 5.11. The molecule has 0 unspecified atom stereocenters. The summed E-state index contributed by atoms with van der Waals surface area (Å²) < 4.78 is 5.94. The summed E-state index contributed by atoms with van der Waals surface area (Å²) in [5.74, 6) is 3.68. The van der Waals surface area contributed by atoms with Crippen LogP contribution in [-0.2, 0) is 6.54 Å². The zero-order valence-corrected chi connectivity index (χ0v) is 13.4. The van der Waals surface area contributed by atoms with E-state index in [1.165, 1.54) is 5.56 Å². The van der Waals surface area contributed by atoms with Crippen LogP contribution in [0.1, 0.15) is 32.3 Å². The Hall–Kier alpha value is -1.50. The highest BCUT2D eigenvalue weighted by Gasteiger charge is 2.05. The van der Waals surface area contributed by atoms with Gasteiger partial charge in [0.15, 0.2) is 0 Å². The van der Waals surface area contributed by atoms with Crippen LogP contribution >= 0.6 is 0 Å². The standard InChI is InChI=1S/C18H28N2O/c1-4-11-19-16-17-9-7-8-10-18(17)21-15-14-20(12-5-2)13-6-3/h2,7-10,19H,4,6,11-16H2,1,3H3. The predicted molar refractivity (Wildman–Crippen MR) is 89.5 cm³/mol. The summed E-state index contributed by atoms with van der Waals surface area (Å²) in [4.78, 5) is 2.25. The van der Waals surface area contributed by atoms with Crippen molar-refractivity contribution in [3.05, 3.63) is 29.8 Å². The van der Waals surface area contributed by atoms with Crippen molar-refractivity contribution in [2.45, 2.75) is 33.2 Å². The molecule has 0 aliphatic carbocycles. The van der Waals surface area contributed by atoms with Gasteiger partial charge in [-0.2, -0.15) is 0 Å². The van der Waals surface area contributed by atoms with Crippen molar-refractivity contribution in [1.29, 1.82) is 0 Å². The normalized spacial score (nSPS) is 10.6. The second kappa shape index (κ2) is 11.2. The third-order valence-corrected chi connectivity index (χ3v) is 3.23. The van der Waals surface area contributed by atoms with Crippen molar-refractivity contribution in [2.75, 3.05) is 32.8 Å². The highest BCUT2D eigenvalue weighted by Crippen LogP contribution is 2.17. The summed E-state index contributed by atoms with van der Waals surface area (Å²) >= 11 is 0. The molecule has 1 N–H and O–H groups in total. The first-order valence-electron chi connectivity index (χ1n) is 7.89. The van der Waals surface area contributed by atoms with Crippen molar-refractivity contribution in [3.8, 4) is 18.1 Å². The van der Waals surface area contributed by atoms with Gasteiger partial charge < -0.3 is 10.1 Å². The monoisotopic (exact) mass is 288 g/mol. The number of hydrogen-bond donors (Lipinski definition) is 1. The van der Waals surface area contributed by atoms with Crippen LogP contribution < -0.4 is 10.1 Å². The summed E-state index contributed by atoms with van der Waals surface area (Å²) in [5.41, 5.74) is 1.21. The highest BCUT2D eigenvalue weighted by molar-refractivity contribution is 5.33. The molecule has 0 aliphatic rings. The summed E-state index contributed by atoms with van der Waals surface area (Å²) in [7, 11) is 0. The molecule has 0 amide bonds. The third kappa shape index (κ3) is 7.17. The predicted octanol–water partition coefficient (Wildman–Crippen LogP) is 2.91. The number of nitrogens with zero attached hydrogens (tertiary/aromatic N) is 1. The van der Waals surface area contributed by atoms with Crippen LogP contribution in [0.25, 0.3) is 0 Å². The number of ether oxygens (including phenoxy) is 1. The molecule has 21 heavy (non-hydrogen) atoms. The van der Waals surface area contributed by atoms with E-state index in [0.717, 1.165) is 44.8 Å². The van der Waals surface area contributed by atoms with Crippen molar-refractivity contribution >= 4 is 0 Å². The van der Waals surface area contributed by atoms with E-state index in [0.29, 0.717) is 13.2 Å². The molecule has 1 rings (SSSR count). The van der Waals surface area contributed by atoms with Gasteiger partial charge in [0, 0.05) is 18.7 Å². The van der Waals surface area contributed by atoms with Gasteiger partial charge in [0.1, 0.15) is 12.4 Å². The SMILES string of the molecule is C#CCN(CCC)CCOc1ccccc1CNCCC. The Bertz CT molecular complexity index is 425. The molecule has 0 aliphatic heterocycles. The van der Waals surface area contributed by atoms with Crippen LogP contribution in [-0.4, -0.2) is 37.7 Å². The first-order valence-corrected chi connectivity index (χ1v) is 7.89. The molecule has 0 saturated carbocycles. The summed E-state index contributed by atoms with van der Waals surface area (Å²) in [5, 5.41) is 3.41. The van der Waals surface area contributed by atoms with Crippen LogP contribution in [0.2, 0.25) is 0 Å². The lowest BCUT2D eigenvalue weighted by atomic mass is 10.2. The number of nitrogens with one attached hydrogen (secondary N) is 1.